The van der Waals surface area contributed by atoms with Crippen LogP contribution in [0.25, 0.3) is 0 Å². The summed E-state index contributed by atoms with van der Waals surface area (Å²) in [6.07, 6.45) is 0. The zero-order valence-corrected chi connectivity index (χ0v) is 14.1. The number of anilines is 1. The third kappa shape index (κ3) is 3.81. The van der Waals surface area contributed by atoms with Crippen LogP contribution >= 0.6 is 15.9 Å². The van der Waals surface area contributed by atoms with Gasteiger partial charge in [0.25, 0.3) is 5.91 Å². The van der Waals surface area contributed by atoms with E-state index in [0.717, 1.165) is 0 Å². The average Bonchev–Trinajstić information content (AvgIpc) is 2.57. The van der Waals surface area contributed by atoms with Crippen LogP contribution in [0.2, 0.25) is 0 Å². The van der Waals surface area contributed by atoms with E-state index in [0.29, 0.717) is 21.7 Å². The highest BCUT2D eigenvalue weighted by Crippen LogP contribution is 2.29. The highest BCUT2D eigenvalue weighted by Gasteiger charge is 2.14. The van der Waals surface area contributed by atoms with Gasteiger partial charge in [-0.05, 0) is 42.5 Å². The van der Waals surface area contributed by atoms with Crippen LogP contribution in [0, 0.1) is 5.82 Å². The summed E-state index contributed by atoms with van der Waals surface area (Å²) < 4.78 is 20.3. The SMILES string of the molecule is O=C(Nc1ccccc1Oc1ccccc1)c1ccc(Br)cc1F. The molecular formula is C19H13BrFNO2. The number of amides is 1. The van der Waals surface area contributed by atoms with Crippen molar-refractivity contribution in [2.75, 3.05) is 5.32 Å². The first-order valence-electron chi connectivity index (χ1n) is 7.22. The number of halogens is 2. The predicted molar refractivity (Wildman–Crippen MR) is 95.0 cm³/mol. The lowest BCUT2D eigenvalue weighted by Crippen LogP contribution is -2.14. The van der Waals surface area contributed by atoms with E-state index in [4.69, 9.17) is 4.74 Å². The van der Waals surface area contributed by atoms with Crippen molar-refractivity contribution >= 4 is 27.5 Å². The maximum absolute atomic E-state index is 13.9. The lowest BCUT2D eigenvalue weighted by atomic mass is 10.2. The summed E-state index contributed by atoms with van der Waals surface area (Å²) in [6.45, 7) is 0. The van der Waals surface area contributed by atoms with Crippen LogP contribution in [0.4, 0.5) is 10.1 Å². The van der Waals surface area contributed by atoms with E-state index in [1.165, 1.54) is 12.1 Å². The molecule has 0 aliphatic carbocycles. The van der Waals surface area contributed by atoms with Crippen molar-refractivity contribution < 1.29 is 13.9 Å². The largest absolute Gasteiger partial charge is 0.455 e. The van der Waals surface area contributed by atoms with Crippen LogP contribution in [0.5, 0.6) is 11.5 Å². The smallest absolute Gasteiger partial charge is 0.258 e. The van der Waals surface area contributed by atoms with Crippen LogP contribution in [-0.2, 0) is 0 Å². The summed E-state index contributed by atoms with van der Waals surface area (Å²) in [7, 11) is 0. The Morgan fingerprint density at radius 3 is 2.42 bits per heavy atom. The molecule has 3 aromatic rings. The Hall–Kier alpha value is -2.66. The Kier molecular flexibility index (Phi) is 4.91. The maximum atomic E-state index is 13.9. The van der Waals surface area contributed by atoms with Crippen molar-refractivity contribution in [3.63, 3.8) is 0 Å². The standard InChI is InChI=1S/C19H13BrFNO2/c20-13-10-11-15(16(21)12-13)19(23)22-17-8-4-5-9-18(17)24-14-6-2-1-3-7-14/h1-12H,(H,22,23). The zero-order valence-electron chi connectivity index (χ0n) is 12.5. The van der Waals surface area contributed by atoms with Gasteiger partial charge in [0.15, 0.2) is 5.75 Å². The van der Waals surface area contributed by atoms with Gasteiger partial charge in [0, 0.05) is 4.47 Å². The van der Waals surface area contributed by atoms with Crippen molar-refractivity contribution in [2.45, 2.75) is 0 Å². The van der Waals surface area contributed by atoms with E-state index in [9.17, 15) is 9.18 Å². The Balaban J connectivity index is 1.84. The van der Waals surface area contributed by atoms with E-state index in [1.807, 2.05) is 30.3 Å². The normalized spacial score (nSPS) is 10.2. The molecule has 0 spiro atoms. The molecular weight excluding hydrogens is 373 g/mol. The van der Waals surface area contributed by atoms with E-state index in [-0.39, 0.29) is 5.56 Å². The molecule has 0 bridgehead atoms. The molecule has 3 rings (SSSR count). The van der Waals surface area contributed by atoms with Crippen LogP contribution < -0.4 is 10.1 Å². The van der Waals surface area contributed by atoms with Gasteiger partial charge in [-0.2, -0.15) is 0 Å². The number of para-hydroxylation sites is 3. The first-order chi connectivity index (χ1) is 11.6. The molecule has 3 nitrogen and oxygen atoms in total. The van der Waals surface area contributed by atoms with Crippen molar-refractivity contribution in [1.29, 1.82) is 0 Å². The molecule has 0 aromatic heterocycles. The fourth-order valence-electron chi connectivity index (χ4n) is 2.14. The number of hydrogen-bond acceptors (Lipinski definition) is 2. The first-order valence-corrected chi connectivity index (χ1v) is 8.01. The van der Waals surface area contributed by atoms with Gasteiger partial charge in [0.05, 0.1) is 11.3 Å². The predicted octanol–water partition coefficient (Wildman–Crippen LogP) is 5.63. The summed E-state index contributed by atoms with van der Waals surface area (Å²) in [4.78, 5) is 12.3. The van der Waals surface area contributed by atoms with Crippen molar-refractivity contribution in [3.05, 3.63) is 88.6 Å². The van der Waals surface area contributed by atoms with Crippen LogP contribution in [0.15, 0.2) is 77.3 Å². The van der Waals surface area contributed by atoms with E-state index >= 15 is 0 Å². The van der Waals surface area contributed by atoms with Crippen LogP contribution in [0.1, 0.15) is 10.4 Å². The molecule has 0 saturated heterocycles. The van der Waals surface area contributed by atoms with Gasteiger partial charge in [0.1, 0.15) is 11.6 Å². The number of ether oxygens (including phenoxy) is 1. The molecule has 24 heavy (non-hydrogen) atoms. The molecule has 0 saturated carbocycles. The lowest BCUT2D eigenvalue weighted by Gasteiger charge is -2.12. The quantitative estimate of drug-likeness (QED) is 0.631. The minimum Gasteiger partial charge on any atom is -0.455 e. The summed E-state index contributed by atoms with van der Waals surface area (Å²) in [6, 6.07) is 20.5. The molecule has 0 heterocycles. The topological polar surface area (TPSA) is 38.3 Å². The molecule has 0 aliphatic heterocycles. The molecule has 1 amide bonds. The molecule has 0 atom stereocenters. The average molecular weight is 386 g/mol. The van der Waals surface area contributed by atoms with E-state index < -0.39 is 11.7 Å². The first kappa shape index (κ1) is 16.2. The highest BCUT2D eigenvalue weighted by atomic mass is 79.9. The van der Waals surface area contributed by atoms with Crippen LogP contribution in [0.3, 0.4) is 0 Å². The zero-order chi connectivity index (χ0) is 16.9. The highest BCUT2D eigenvalue weighted by molar-refractivity contribution is 9.10. The lowest BCUT2D eigenvalue weighted by molar-refractivity contribution is 0.102. The molecule has 0 aliphatic rings. The maximum Gasteiger partial charge on any atom is 0.258 e. The molecule has 0 unspecified atom stereocenters. The Bertz CT molecular complexity index is 868. The third-order valence-corrected chi connectivity index (χ3v) is 3.78. The van der Waals surface area contributed by atoms with Gasteiger partial charge in [-0.3, -0.25) is 4.79 Å². The number of hydrogen-bond donors (Lipinski definition) is 1. The molecule has 3 aromatic carbocycles. The van der Waals surface area contributed by atoms with Gasteiger partial charge < -0.3 is 10.1 Å². The molecule has 5 heteroatoms. The molecule has 1 N–H and O–H groups in total. The number of nitrogens with one attached hydrogen (secondary N) is 1. The summed E-state index contributed by atoms with van der Waals surface area (Å²) in [5.41, 5.74) is 0.432. The van der Waals surface area contributed by atoms with E-state index in [1.54, 1.807) is 30.3 Å². The monoisotopic (exact) mass is 385 g/mol. The summed E-state index contributed by atoms with van der Waals surface area (Å²) in [5, 5.41) is 2.69. The fraction of sp³-hybridized carbons (Fsp3) is 0. The molecule has 0 fully saturated rings. The van der Waals surface area contributed by atoms with Gasteiger partial charge in [-0.25, -0.2) is 4.39 Å². The van der Waals surface area contributed by atoms with Crippen molar-refractivity contribution in [1.82, 2.24) is 0 Å². The van der Waals surface area contributed by atoms with Crippen molar-refractivity contribution in [2.24, 2.45) is 0 Å². The van der Waals surface area contributed by atoms with Gasteiger partial charge in [0.2, 0.25) is 0 Å². The van der Waals surface area contributed by atoms with E-state index in [2.05, 4.69) is 21.2 Å². The second kappa shape index (κ2) is 7.27. The Labute approximate surface area is 147 Å². The number of carbonyl (C=O) groups is 1. The van der Waals surface area contributed by atoms with Gasteiger partial charge >= 0.3 is 0 Å². The second-order valence-corrected chi connectivity index (χ2v) is 5.91. The Morgan fingerprint density at radius 2 is 1.67 bits per heavy atom. The van der Waals surface area contributed by atoms with Crippen molar-refractivity contribution in [3.8, 4) is 11.5 Å². The van der Waals surface area contributed by atoms with Gasteiger partial charge in [-0.15, -0.1) is 0 Å². The second-order valence-electron chi connectivity index (χ2n) is 4.99. The molecule has 120 valence electrons. The number of rotatable bonds is 4. The minimum atomic E-state index is -0.594. The van der Waals surface area contributed by atoms with Crippen LogP contribution in [-0.4, -0.2) is 5.91 Å². The van der Waals surface area contributed by atoms with Gasteiger partial charge in [-0.1, -0.05) is 46.3 Å². The molecule has 0 radical (unpaired) electrons. The minimum absolute atomic E-state index is 0.0345. The summed E-state index contributed by atoms with van der Waals surface area (Å²) >= 11 is 3.17. The fourth-order valence-corrected chi connectivity index (χ4v) is 2.47. The Morgan fingerprint density at radius 1 is 0.958 bits per heavy atom. The number of carbonyl (C=O) groups excluding carboxylic acids is 1. The third-order valence-electron chi connectivity index (χ3n) is 3.28. The number of benzene rings is 3. The summed E-state index contributed by atoms with van der Waals surface area (Å²) in [5.74, 6) is -0.00367.